The number of carbonyl (C=O) groups is 1. The van der Waals surface area contributed by atoms with Crippen LogP contribution >= 0.6 is 11.6 Å². The summed E-state index contributed by atoms with van der Waals surface area (Å²) >= 11 is 5.93. The van der Waals surface area contributed by atoms with Gasteiger partial charge in [-0.1, -0.05) is 11.6 Å². The van der Waals surface area contributed by atoms with Crippen LogP contribution in [-0.4, -0.2) is 16.1 Å². The van der Waals surface area contributed by atoms with Crippen LogP contribution in [0.4, 0.5) is 5.69 Å². The van der Waals surface area contributed by atoms with Crippen LogP contribution in [0.15, 0.2) is 18.2 Å². The first kappa shape index (κ1) is 13.8. The summed E-state index contributed by atoms with van der Waals surface area (Å²) in [7, 11) is 0. The second kappa shape index (κ2) is 5.33. The summed E-state index contributed by atoms with van der Waals surface area (Å²) in [5.41, 5.74) is 3.62. The van der Waals surface area contributed by atoms with E-state index in [2.05, 4.69) is 15.5 Å². The molecule has 1 aromatic heterocycles. The Bertz CT molecular complexity index is 731. The highest BCUT2D eigenvalue weighted by molar-refractivity contribution is 6.30. The molecule has 21 heavy (non-hydrogen) atoms. The van der Waals surface area contributed by atoms with Gasteiger partial charge in [0.25, 0.3) is 0 Å². The molecule has 3 rings (SSSR count). The molecule has 0 unspecified atom stereocenters. The third-order valence-electron chi connectivity index (χ3n) is 3.61. The van der Waals surface area contributed by atoms with Crippen molar-refractivity contribution < 1.29 is 9.53 Å². The lowest BCUT2D eigenvalue weighted by atomic mass is 10.0. The molecule has 0 spiro atoms. The molecular weight excluding hydrogens is 290 g/mol. The Kier molecular flexibility index (Phi) is 3.51. The van der Waals surface area contributed by atoms with Crippen LogP contribution in [0.5, 0.6) is 11.6 Å². The topological polar surface area (TPSA) is 64.1 Å². The van der Waals surface area contributed by atoms with Crippen molar-refractivity contribution in [3.8, 4) is 11.6 Å². The van der Waals surface area contributed by atoms with Gasteiger partial charge in [0.15, 0.2) is 5.15 Å². The summed E-state index contributed by atoms with van der Waals surface area (Å²) in [5.74, 6) is 1.16. The van der Waals surface area contributed by atoms with Crippen molar-refractivity contribution in [3.63, 3.8) is 0 Å². The van der Waals surface area contributed by atoms with E-state index in [1.165, 1.54) is 0 Å². The highest BCUT2D eigenvalue weighted by Gasteiger charge is 2.16. The Morgan fingerprint density at radius 1 is 1.19 bits per heavy atom. The van der Waals surface area contributed by atoms with E-state index in [1.54, 1.807) is 6.07 Å². The van der Waals surface area contributed by atoms with Gasteiger partial charge in [-0.25, -0.2) is 0 Å². The fourth-order valence-corrected chi connectivity index (χ4v) is 2.37. The number of aromatic nitrogens is 2. The summed E-state index contributed by atoms with van der Waals surface area (Å²) < 4.78 is 5.79. The van der Waals surface area contributed by atoms with Gasteiger partial charge in [0.2, 0.25) is 11.8 Å². The Balaban J connectivity index is 1.89. The van der Waals surface area contributed by atoms with E-state index >= 15 is 0 Å². The van der Waals surface area contributed by atoms with E-state index in [1.807, 2.05) is 26.0 Å². The van der Waals surface area contributed by atoms with Crippen molar-refractivity contribution in [3.05, 3.63) is 40.0 Å². The van der Waals surface area contributed by atoms with Crippen LogP contribution in [0, 0.1) is 13.8 Å². The van der Waals surface area contributed by atoms with E-state index in [0.717, 1.165) is 22.4 Å². The molecule has 0 saturated carbocycles. The second-order valence-electron chi connectivity index (χ2n) is 5.02. The quantitative estimate of drug-likeness (QED) is 0.923. The zero-order valence-corrected chi connectivity index (χ0v) is 12.5. The minimum Gasteiger partial charge on any atom is -0.437 e. The fourth-order valence-electron chi connectivity index (χ4n) is 2.19. The first-order valence-corrected chi connectivity index (χ1v) is 7.02. The van der Waals surface area contributed by atoms with Crippen LogP contribution in [0.25, 0.3) is 0 Å². The zero-order valence-electron chi connectivity index (χ0n) is 11.7. The number of hydrogen-bond acceptors (Lipinski definition) is 4. The largest absolute Gasteiger partial charge is 0.437 e. The van der Waals surface area contributed by atoms with Crippen molar-refractivity contribution in [2.75, 3.05) is 5.32 Å². The molecule has 1 aliphatic heterocycles. The molecule has 1 amide bonds. The smallest absolute Gasteiger partial charge is 0.242 e. The van der Waals surface area contributed by atoms with Crippen LogP contribution in [-0.2, 0) is 11.2 Å². The Hall–Kier alpha value is -2.14. The number of benzene rings is 1. The predicted octanol–water partition coefficient (Wildman–Crippen LogP) is 3.42. The van der Waals surface area contributed by atoms with E-state index in [9.17, 15) is 4.79 Å². The lowest BCUT2D eigenvalue weighted by Crippen LogP contribution is -2.18. The van der Waals surface area contributed by atoms with E-state index in [0.29, 0.717) is 29.6 Å². The minimum absolute atomic E-state index is 0.0474. The first-order valence-electron chi connectivity index (χ1n) is 6.64. The average molecular weight is 304 g/mol. The maximum atomic E-state index is 11.3. The molecular formula is C15H14ClN3O2. The SMILES string of the molecule is Cc1c(Cl)nnc(Oc2ccc3c(c2)CCC(=O)N3)c1C. The van der Waals surface area contributed by atoms with Gasteiger partial charge in [-0.2, -0.15) is 0 Å². The van der Waals surface area contributed by atoms with Crippen molar-refractivity contribution >= 4 is 23.2 Å². The fraction of sp³-hybridized carbons (Fsp3) is 0.267. The summed E-state index contributed by atoms with van der Waals surface area (Å²) in [6.07, 6.45) is 1.21. The van der Waals surface area contributed by atoms with Gasteiger partial charge in [-0.15, -0.1) is 10.2 Å². The number of halogens is 1. The lowest BCUT2D eigenvalue weighted by molar-refractivity contribution is -0.116. The molecule has 1 aliphatic rings. The number of aryl methyl sites for hydroxylation is 1. The molecule has 0 atom stereocenters. The minimum atomic E-state index is 0.0474. The number of nitrogens with one attached hydrogen (secondary N) is 1. The number of ether oxygens (including phenoxy) is 1. The number of carbonyl (C=O) groups excluding carboxylic acids is 1. The normalized spacial score (nSPS) is 13.6. The van der Waals surface area contributed by atoms with E-state index < -0.39 is 0 Å². The summed E-state index contributed by atoms with van der Waals surface area (Å²) in [6, 6.07) is 5.56. The third kappa shape index (κ3) is 2.69. The van der Waals surface area contributed by atoms with E-state index in [-0.39, 0.29) is 5.91 Å². The number of hydrogen-bond donors (Lipinski definition) is 1. The Morgan fingerprint density at radius 2 is 2.00 bits per heavy atom. The molecule has 108 valence electrons. The Morgan fingerprint density at radius 3 is 2.81 bits per heavy atom. The summed E-state index contributed by atoms with van der Waals surface area (Å²) in [4.78, 5) is 11.3. The molecule has 6 heteroatoms. The maximum absolute atomic E-state index is 11.3. The first-order chi connectivity index (χ1) is 10.0. The summed E-state index contributed by atoms with van der Waals surface area (Å²) in [5, 5.41) is 11.1. The van der Waals surface area contributed by atoms with Crippen molar-refractivity contribution in [2.45, 2.75) is 26.7 Å². The van der Waals surface area contributed by atoms with Crippen molar-refractivity contribution in [2.24, 2.45) is 0 Å². The third-order valence-corrected chi connectivity index (χ3v) is 3.97. The van der Waals surface area contributed by atoms with Gasteiger partial charge in [0.1, 0.15) is 5.75 Å². The average Bonchev–Trinajstić information content (AvgIpc) is 2.48. The Labute approximate surface area is 127 Å². The standard InChI is InChI=1S/C15H14ClN3O2/c1-8-9(2)15(19-18-14(8)16)21-11-4-5-12-10(7-11)3-6-13(20)17-12/h4-5,7H,3,6H2,1-2H3,(H,17,20). The van der Waals surface area contributed by atoms with E-state index in [4.69, 9.17) is 16.3 Å². The molecule has 0 fully saturated rings. The predicted molar refractivity (Wildman–Crippen MR) is 80.0 cm³/mol. The number of amides is 1. The van der Waals surface area contributed by atoms with Gasteiger partial charge >= 0.3 is 0 Å². The zero-order chi connectivity index (χ0) is 15.0. The lowest BCUT2D eigenvalue weighted by Gasteiger charge is -2.17. The van der Waals surface area contributed by atoms with Crippen LogP contribution in [0.2, 0.25) is 5.15 Å². The van der Waals surface area contributed by atoms with Gasteiger partial charge in [-0.3, -0.25) is 4.79 Å². The highest BCUT2D eigenvalue weighted by Crippen LogP contribution is 2.31. The van der Waals surface area contributed by atoms with Gasteiger partial charge in [0.05, 0.1) is 0 Å². The number of fused-ring (bicyclic) bond motifs is 1. The highest BCUT2D eigenvalue weighted by atomic mass is 35.5. The molecule has 5 nitrogen and oxygen atoms in total. The maximum Gasteiger partial charge on any atom is 0.242 e. The monoisotopic (exact) mass is 303 g/mol. The van der Waals surface area contributed by atoms with Gasteiger partial charge in [0, 0.05) is 17.7 Å². The molecule has 0 bridgehead atoms. The number of anilines is 1. The van der Waals surface area contributed by atoms with Crippen molar-refractivity contribution in [1.29, 1.82) is 0 Å². The van der Waals surface area contributed by atoms with Crippen molar-refractivity contribution in [1.82, 2.24) is 10.2 Å². The molecule has 0 aliphatic carbocycles. The second-order valence-corrected chi connectivity index (χ2v) is 5.37. The van der Waals surface area contributed by atoms with Gasteiger partial charge in [-0.05, 0) is 49.6 Å². The molecule has 0 radical (unpaired) electrons. The number of nitrogens with zero attached hydrogens (tertiary/aromatic N) is 2. The van der Waals surface area contributed by atoms with Gasteiger partial charge < -0.3 is 10.1 Å². The van der Waals surface area contributed by atoms with Crippen LogP contribution < -0.4 is 10.1 Å². The molecule has 2 heterocycles. The summed E-state index contributed by atoms with van der Waals surface area (Å²) in [6.45, 7) is 3.77. The molecule has 1 N–H and O–H groups in total. The molecule has 0 saturated heterocycles. The van der Waals surface area contributed by atoms with Crippen LogP contribution in [0.1, 0.15) is 23.1 Å². The number of rotatable bonds is 2. The molecule has 2 aromatic rings. The molecule has 1 aromatic carbocycles. The van der Waals surface area contributed by atoms with Crippen LogP contribution in [0.3, 0.4) is 0 Å².